The van der Waals surface area contributed by atoms with E-state index < -0.39 is 14.8 Å². The Hall–Kier alpha value is -0.130. The Morgan fingerprint density at radius 3 is 2.20 bits per heavy atom. The molecule has 2 atom stereocenters. The molecule has 1 aliphatic rings. The van der Waals surface area contributed by atoms with Gasteiger partial charge in [0.05, 0.1) is 4.75 Å². The highest BCUT2D eigenvalue weighted by atomic mass is 32.2. The van der Waals surface area contributed by atoms with E-state index in [0.29, 0.717) is 0 Å². The Bertz CT molecular complexity index is 306. The van der Waals surface area contributed by atoms with E-state index in [9.17, 15) is 8.42 Å². The summed E-state index contributed by atoms with van der Waals surface area (Å²) in [5.41, 5.74) is 5.90. The van der Waals surface area contributed by atoms with E-state index in [1.54, 1.807) is 20.8 Å². The molecule has 0 aromatic heterocycles. The van der Waals surface area contributed by atoms with Crippen molar-refractivity contribution in [1.82, 2.24) is 4.72 Å². The summed E-state index contributed by atoms with van der Waals surface area (Å²) in [4.78, 5) is 0. The lowest BCUT2D eigenvalue weighted by Crippen LogP contribution is -2.53. The van der Waals surface area contributed by atoms with Crippen LogP contribution in [0.4, 0.5) is 0 Å². The smallest absolute Gasteiger partial charge is 0.216 e. The Balaban J connectivity index is 2.69. The van der Waals surface area contributed by atoms with Crippen molar-refractivity contribution in [3.63, 3.8) is 0 Å². The van der Waals surface area contributed by atoms with E-state index in [-0.39, 0.29) is 12.1 Å². The van der Waals surface area contributed by atoms with Crippen LogP contribution in [0.25, 0.3) is 0 Å². The molecule has 1 fully saturated rings. The summed E-state index contributed by atoms with van der Waals surface area (Å²) in [5, 5.41) is 0. The average Bonchev–Trinajstić information content (AvgIpc) is 2.06. The molecule has 3 N–H and O–H groups in total. The first-order chi connectivity index (χ1) is 6.74. The summed E-state index contributed by atoms with van der Waals surface area (Å²) in [6, 6.07) is -0.112. The van der Waals surface area contributed by atoms with Crippen LogP contribution in [0.5, 0.6) is 0 Å². The van der Waals surface area contributed by atoms with Crippen molar-refractivity contribution in [2.45, 2.75) is 63.3 Å². The van der Waals surface area contributed by atoms with E-state index >= 15 is 0 Å². The fourth-order valence-corrected chi connectivity index (χ4v) is 2.73. The van der Waals surface area contributed by atoms with Crippen molar-refractivity contribution in [2.24, 2.45) is 5.73 Å². The summed E-state index contributed by atoms with van der Waals surface area (Å²) < 4.78 is 25.8. The largest absolute Gasteiger partial charge is 0.326 e. The molecule has 0 spiro atoms. The lowest BCUT2D eigenvalue weighted by molar-refractivity contribution is 0.358. The molecule has 5 heteroatoms. The molecule has 0 radical (unpaired) electrons. The third-order valence-electron chi connectivity index (χ3n) is 2.93. The predicted molar refractivity (Wildman–Crippen MR) is 62.0 cm³/mol. The second kappa shape index (κ2) is 4.39. The molecule has 0 heterocycles. The van der Waals surface area contributed by atoms with Gasteiger partial charge < -0.3 is 5.73 Å². The molecular weight excluding hydrogens is 212 g/mol. The van der Waals surface area contributed by atoms with Crippen LogP contribution in [0.3, 0.4) is 0 Å². The summed E-state index contributed by atoms with van der Waals surface area (Å²) in [6.45, 7) is 5.09. The first kappa shape index (κ1) is 12.9. The zero-order valence-corrected chi connectivity index (χ0v) is 10.6. The molecule has 0 bridgehead atoms. The van der Waals surface area contributed by atoms with E-state index in [2.05, 4.69) is 4.72 Å². The molecular formula is C10H22N2O2S. The van der Waals surface area contributed by atoms with Gasteiger partial charge in [-0.25, -0.2) is 13.1 Å². The van der Waals surface area contributed by atoms with Crippen LogP contribution in [-0.2, 0) is 10.0 Å². The van der Waals surface area contributed by atoms with Gasteiger partial charge in [-0.2, -0.15) is 0 Å². The molecule has 0 aromatic carbocycles. The molecule has 0 unspecified atom stereocenters. The number of hydrogen-bond acceptors (Lipinski definition) is 3. The Morgan fingerprint density at radius 2 is 1.73 bits per heavy atom. The van der Waals surface area contributed by atoms with E-state index in [1.807, 2.05) is 0 Å². The van der Waals surface area contributed by atoms with Gasteiger partial charge in [-0.15, -0.1) is 0 Å². The molecule has 15 heavy (non-hydrogen) atoms. The fraction of sp³-hybridized carbons (Fsp3) is 1.00. The first-order valence-electron chi connectivity index (χ1n) is 5.51. The van der Waals surface area contributed by atoms with Crippen LogP contribution < -0.4 is 10.5 Å². The Labute approximate surface area is 92.7 Å². The van der Waals surface area contributed by atoms with Crippen molar-refractivity contribution in [2.75, 3.05) is 0 Å². The summed E-state index contributed by atoms with van der Waals surface area (Å²) >= 11 is 0. The number of nitrogens with one attached hydrogen (secondary N) is 1. The number of nitrogens with two attached hydrogens (primary N) is 1. The Morgan fingerprint density at radius 1 is 1.20 bits per heavy atom. The number of rotatable bonds is 2. The third kappa shape index (κ3) is 3.16. The predicted octanol–water partition coefficient (Wildman–Crippen LogP) is 0.974. The van der Waals surface area contributed by atoms with Crippen LogP contribution in [0.2, 0.25) is 0 Å². The van der Waals surface area contributed by atoms with E-state index in [4.69, 9.17) is 5.73 Å². The van der Waals surface area contributed by atoms with Crippen LogP contribution >= 0.6 is 0 Å². The maximum Gasteiger partial charge on any atom is 0.216 e. The molecule has 90 valence electrons. The molecule has 1 saturated carbocycles. The van der Waals surface area contributed by atoms with Crippen LogP contribution in [0.15, 0.2) is 0 Å². The average molecular weight is 234 g/mol. The Kier molecular flexibility index (Phi) is 3.79. The highest BCUT2D eigenvalue weighted by Gasteiger charge is 2.33. The zero-order chi connectivity index (χ0) is 11.7. The standard InChI is InChI=1S/C10H22N2O2S/c1-10(2,3)15(13,14)12-9-7-5-4-6-8(9)11/h8-9,12H,4-7,11H2,1-3H3/t8-,9-/m1/s1. The van der Waals surface area contributed by atoms with E-state index in [0.717, 1.165) is 25.7 Å². The first-order valence-corrected chi connectivity index (χ1v) is 7.00. The van der Waals surface area contributed by atoms with Gasteiger partial charge in [-0.1, -0.05) is 12.8 Å². The van der Waals surface area contributed by atoms with Gasteiger partial charge in [-0.05, 0) is 33.6 Å². The second-order valence-electron chi connectivity index (χ2n) is 5.29. The van der Waals surface area contributed by atoms with Gasteiger partial charge >= 0.3 is 0 Å². The normalized spacial score (nSPS) is 29.1. The van der Waals surface area contributed by atoms with Gasteiger partial charge in [0.15, 0.2) is 0 Å². The van der Waals surface area contributed by atoms with Gasteiger partial charge in [-0.3, -0.25) is 0 Å². The SMILES string of the molecule is CC(C)(C)S(=O)(=O)N[C@@H]1CCCC[C@H]1N. The van der Waals surface area contributed by atoms with Crippen LogP contribution in [0, 0.1) is 0 Å². The molecule has 4 nitrogen and oxygen atoms in total. The minimum Gasteiger partial charge on any atom is -0.326 e. The molecule has 0 amide bonds. The second-order valence-corrected chi connectivity index (χ2v) is 7.76. The van der Waals surface area contributed by atoms with Crippen molar-refractivity contribution in [3.8, 4) is 0 Å². The van der Waals surface area contributed by atoms with Gasteiger partial charge in [0.25, 0.3) is 0 Å². The quantitative estimate of drug-likeness (QED) is 0.748. The van der Waals surface area contributed by atoms with Gasteiger partial charge in [0.2, 0.25) is 10.0 Å². The highest BCUT2D eigenvalue weighted by Crippen LogP contribution is 2.20. The molecule has 0 aromatic rings. The van der Waals surface area contributed by atoms with Gasteiger partial charge in [0, 0.05) is 12.1 Å². The topological polar surface area (TPSA) is 72.2 Å². The molecule has 1 rings (SSSR count). The lowest BCUT2D eigenvalue weighted by atomic mass is 9.92. The van der Waals surface area contributed by atoms with Gasteiger partial charge in [0.1, 0.15) is 0 Å². The maximum atomic E-state index is 11.9. The van der Waals surface area contributed by atoms with Crippen LogP contribution in [-0.4, -0.2) is 25.2 Å². The minimum absolute atomic E-state index is 0.0316. The number of sulfonamides is 1. The lowest BCUT2D eigenvalue weighted by Gasteiger charge is -2.31. The summed E-state index contributed by atoms with van der Waals surface area (Å²) in [5.74, 6) is 0. The monoisotopic (exact) mass is 234 g/mol. The van der Waals surface area contributed by atoms with Crippen molar-refractivity contribution < 1.29 is 8.42 Å². The highest BCUT2D eigenvalue weighted by molar-refractivity contribution is 7.90. The van der Waals surface area contributed by atoms with Crippen molar-refractivity contribution in [3.05, 3.63) is 0 Å². The molecule has 1 aliphatic carbocycles. The zero-order valence-electron chi connectivity index (χ0n) is 9.79. The third-order valence-corrected chi connectivity index (χ3v) is 5.16. The summed E-state index contributed by atoms with van der Waals surface area (Å²) in [6.07, 6.45) is 3.94. The maximum absolute atomic E-state index is 11.9. The van der Waals surface area contributed by atoms with Crippen LogP contribution in [0.1, 0.15) is 46.5 Å². The van der Waals surface area contributed by atoms with Crippen molar-refractivity contribution in [1.29, 1.82) is 0 Å². The fourth-order valence-electron chi connectivity index (χ4n) is 1.68. The van der Waals surface area contributed by atoms with Crippen molar-refractivity contribution >= 4 is 10.0 Å². The summed E-state index contributed by atoms with van der Waals surface area (Å²) in [7, 11) is -3.26. The minimum atomic E-state index is -3.26. The number of hydrogen-bond donors (Lipinski definition) is 2. The van der Waals surface area contributed by atoms with E-state index in [1.165, 1.54) is 0 Å². The molecule has 0 aliphatic heterocycles. The molecule has 0 saturated heterocycles.